The SMILES string of the molecule is O=C(O)CC1CCN1c1ccccn1. The number of anilines is 1. The Bertz CT molecular complexity index is 326. The van der Waals surface area contributed by atoms with Crippen LogP contribution in [0.2, 0.25) is 0 Å². The molecule has 0 aromatic carbocycles. The molecule has 1 atom stereocenters. The van der Waals surface area contributed by atoms with E-state index < -0.39 is 5.97 Å². The van der Waals surface area contributed by atoms with E-state index in [4.69, 9.17) is 5.11 Å². The third-order valence-electron chi connectivity index (χ3n) is 2.50. The van der Waals surface area contributed by atoms with Crippen molar-refractivity contribution in [1.82, 2.24) is 4.98 Å². The number of hydrogen-bond acceptors (Lipinski definition) is 3. The Morgan fingerprint density at radius 3 is 3.00 bits per heavy atom. The third-order valence-corrected chi connectivity index (χ3v) is 2.50. The van der Waals surface area contributed by atoms with Crippen LogP contribution in [0.4, 0.5) is 5.82 Å². The fraction of sp³-hybridized carbons (Fsp3) is 0.400. The highest BCUT2D eigenvalue weighted by Gasteiger charge is 2.30. The van der Waals surface area contributed by atoms with E-state index in [9.17, 15) is 4.79 Å². The molecule has 4 heteroatoms. The van der Waals surface area contributed by atoms with Gasteiger partial charge in [-0.1, -0.05) is 6.07 Å². The van der Waals surface area contributed by atoms with Crippen molar-refractivity contribution < 1.29 is 9.90 Å². The number of aliphatic carboxylic acids is 1. The van der Waals surface area contributed by atoms with Gasteiger partial charge in [0.1, 0.15) is 5.82 Å². The van der Waals surface area contributed by atoms with Crippen LogP contribution in [0.25, 0.3) is 0 Å². The molecule has 4 nitrogen and oxygen atoms in total. The Balaban J connectivity index is 2.03. The molecule has 74 valence electrons. The van der Waals surface area contributed by atoms with Gasteiger partial charge in [0, 0.05) is 18.8 Å². The average Bonchev–Trinajstić information content (AvgIpc) is 2.14. The Morgan fingerprint density at radius 1 is 1.64 bits per heavy atom. The van der Waals surface area contributed by atoms with Crippen LogP contribution in [0.3, 0.4) is 0 Å². The van der Waals surface area contributed by atoms with Crippen molar-refractivity contribution in [1.29, 1.82) is 0 Å². The Kier molecular flexibility index (Phi) is 2.35. The van der Waals surface area contributed by atoms with Crippen LogP contribution >= 0.6 is 0 Å². The minimum atomic E-state index is -0.740. The van der Waals surface area contributed by atoms with E-state index in [0.717, 1.165) is 18.8 Å². The monoisotopic (exact) mass is 192 g/mol. The topological polar surface area (TPSA) is 53.4 Å². The van der Waals surface area contributed by atoms with Gasteiger partial charge in [0.05, 0.1) is 6.42 Å². The van der Waals surface area contributed by atoms with Crippen LogP contribution in [0, 0.1) is 0 Å². The van der Waals surface area contributed by atoms with Crippen LogP contribution < -0.4 is 4.90 Å². The summed E-state index contributed by atoms with van der Waals surface area (Å²) in [6, 6.07) is 5.81. The molecule has 1 saturated heterocycles. The summed E-state index contributed by atoms with van der Waals surface area (Å²) in [6.07, 6.45) is 2.88. The zero-order chi connectivity index (χ0) is 9.97. The number of hydrogen-bond donors (Lipinski definition) is 1. The fourth-order valence-corrected chi connectivity index (χ4v) is 1.68. The number of aromatic nitrogens is 1. The molecular weight excluding hydrogens is 180 g/mol. The lowest BCUT2D eigenvalue weighted by atomic mass is 10.00. The first-order chi connectivity index (χ1) is 6.77. The van der Waals surface area contributed by atoms with Crippen molar-refractivity contribution >= 4 is 11.8 Å². The third kappa shape index (κ3) is 1.69. The summed E-state index contributed by atoms with van der Waals surface area (Å²) in [6.45, 7) is 0.912. The van der Waals surface area contributed by atoms with Gasteiger partial charge in [-0.3, -0.25) is 4.79 Å². The number of rotatable bonds is 3. The molecule has 14 heavy (non-hydrogen) atoms. The van der Waals surface area contributed by atoms with Gasteiger partial charge in [0.15, 0.2) is 0 Å². The van der Waals surface area contributed by atoms with E-state index in [-0.39, 0.29) is 12.5 Å². The molecule has 1 aliphatic rings. The highest BCUT2D eigenvalue weighted by Crippen LogP contribution is 2.26. The molecule has 2 rings (SSSR count). The van der Waals surface area contributed by atoms with Crippen molar-refractivity contribution in [3.8, 4) is 0 Å². The first kappa shape index (κ1) is 8.99. The molecule has 1 fully saturated rings. The summed E-state index contributed by atoms with van der Waals surface area (Å²) in [7, 11) is 0. The zero-order valence-electron chi connectivity index (χ0n) is 7.76. The lowest BCUT2D eigenvalue weighted by Crippen LogP contribution is -2.49. The molecule has 1 aromatic heterocycles. The maximum atomic E-state index is 10.5. The van der Waals surface area contributed by atoms with Crippen molar-refractivity contribution in [2.75, 3.05) is 11.4 Å². The maximum absolute atomic E-state index is 10.5. The second-order valence-electron chi connectivity index (χ2n) is 3.42. The highest BCUT2D eigenvalue weighted by molar-refractivity contribution is 5.69. The number of nitrogens with zero attached hydrogens (tertiary/aromatic N) is 2. The number of pyridine rings is 1. The van der Waals surface area contributed by atoms with Gasteiger partial charge in [-0.25, -0.2) is 4.98 Å². The average molecular weight is 192 g/mol. The second kappa shape index (κ2) is 3.65. The van der Waals surface area contributed by atoms with Crippen molar-refractivity contribution in [2.24, 2.45) is 0 Å². The minimum Gasteiger partial charge on any atom is -0.481 e. The summed E-state index contributed by atoms with van der Waals surface area (Å²) in [5, 5.41) is 8.67. The van der Waals surface area contributed by atoms with Crippen LogP contribution in [0.5, 0.6) is 0 Å². The van der Waals surface area contributed by atoms with Gasteiger partial charge in [-0.15, -0.1) is 0 Å². The molecule has 0 amide bonds. The van der Waals surface area contributed by atoms with Crippen molar-refractivity contribution in [3.63, 3.8) is 0 Å². The molecule has 2 heterocycles. The van der Waals surface area contributed by atoms with E-state index in [1.165, 1.54) is 0 Å². The first-order valence-corrected chi connectivity index (χ1v) is 4.67. The Labute approximate surface area is 82.2 Å². The van der Waals surface area contributed by atoms with Crippen LogP contribution in [0.1, 0.15) is 12.8 Å². The van der Waals surface area contributed by atoms with Gasteiger partial charge < -0.3 is 10.0 Å². The van der Waals surface area contributed by atoms with E-state index in [2.05, 4.69) is 4.98 Å². The highest BCUT2D eigenvalue weighted by atomic mass is 16.4. The van der Waals surface area contributed by atoms with Crippen LogP contribution in [-0.4, -0.2) is 28.6 Å². The molecule has 0 bridgehead atoms. The molecule has 0 spiro atoms. The lowest BCUT2D eigenvalue weighted by Gasteiger charge is -2.41. The molecule has 1 N–H and O–H groups in total. The number of carboxylic acids is 1. The van der Waals surface area contributed by atoms with Gasteiger partial charge in [0.25, 0.3) is 0 Å². The second-order valence-corrected chi connectivity index (χ2v) is 3.42. The minimum absolute atomic E-state index is 0.127. The fourth-order valence-electron chi connectivity index (χ4n) is 1.68. The standard InChI is InChI=1S/C10H12N2O2/c13-10(14)7-8-4-6-12(8)9-3-1-2-5-11-9/h1-3,5,8H,4,6-7H2,(H,13,14). The number of carbonyl (C=O) groups is 1. The predicted molar refractivity (Wildman–Crippen MR) is 52.2 cm³/mol. The zero-order valence-corrected chi connectivity index (χ0v) is 7.76. The summed E-state index contributed by atoms with van der Waals surface area (Å²) >= 11 is 0. The normalized spacial score (nSPS) is 20.3. The summed E-state index contributed by atoms with van der Waals surface area (Å²) < 4.78 is 0. The molecule has 1 aliphatic heterocycles. The van der Waals surface area contributed by atoms with Crippen molar-refractivity contribution in [2.45, 2.75) is 18.9 Å². The van der Waals surface area contributed by atoms with Crippen molar-refractivity contribution in [3.05, 3.63) is 24.4 Å². The van der Waals surface area contributed by atoms with Gasteiger partial charge in [0.2, 0.25) is 0 Å². The van der Waals surface area contributed by atoms with Crippen LogP contribution in [-0.2, 0) is 4.79 Å². The van der Waals surface area contributed by atoms with Gasteiger partial charge in [-0.2, -0.15) is 0 Å². The lowest BCUT2D eigenvalue weighted by molar-refractivity contribution is -0.137. The Hall–Kier alpha value is -1.58. The summed E-state index contributed by atoms with van der Waals surface area (Å²) in [5.41, 5.74) is 0. The van der Waals surface area contributed by atoms with E-state index in [1.807, 2.05) is 23.1 Å². The van der Waals surface area contributed by atoms with E-state index >= 15 is 0 Å². The molecular formula is C10H12N2O2. The van der Waals surface area contributed by atoms with Gasteiger partial charge >= 0.3 is 5.97 Å². The van der Waals surface area contributed by atoms with Gasteiger partial charge in [-0.05, 0) is 18.6 Å². The summed E-state index contributed by atoms with van der Waals surface area (Å²) in [4.78, 5) is 16.8. The summed E-state index contributed by atoms with van der Waals surface area (Å²) in [5.74, 6) is 0.139. The van der Waals surface area contributed by atoms with E-state index in [1.54, 1.807) is 6.20 Å². The molecule has 1 unspecified atom stereocenters. The largest absolute Gasteiger partial charge is 0.481 e. The predicted octanol–water partition coefficient (Wildman–Crippen LogP) is 1.14. The first-order valence-electron chi connectivity index (χ1n) is 4.67. The van der Waals surface area contributed by atoms with Crippen LogP contribution in [0.15, 0.2) is 24.4 Å². The molecule has 0 aliphatic carbocycles. The smallest absolute Gasteiger partial charge is 0.305 e. The molecule has 0 saturated carbocycles. The number of carboxylic acid groups (broad SMARTS) is 1. The Morgan fingerprint density at radius 2 is 2.50 bits per heavy atom. The molecule has 1 aromatic rings. The molecule has 0 radical (unpaired) electrons. The van der Waals surface area contributed by atoms with E-state index in [0.29, 0.717) is 0 Å². The maximum Gasteiger partial charge on any atom is 0.305 e. The quantitative estimate of drug-likeness (QED) is 0.780.